The second-order valence-electron chi connectivity index (χ2n) is 9.77. The van der Waals surface area contributed by atoms with E-state index in [2.05, 4.69) is 19.2 Å². The maximum atomic E-state index is 13.8. The molecule has 3 rings (SSSR count). The molecule has 3 aromatic carbocycles. The van der Waals surface area contributed by atoms with E-state index in [1.807, 2.05) is 74.5 Å². The lowest BCUT2D eigenvalue weighted by Crippen LogP contribution is -2.53. The first-order valence-corrected chi connectivity index (χ1v) is 13.7. The number of amides is 2. The maximum absolute atomic E-state index is 13.8. The molecule has 3 aromatic rings. The molecule has 0 aliphatic rings. The highest BCUT2D eigenvalue weighted by atomic mass is 35.5. The molecule has 0 aliphatic carbocycles. The zero-order chi connectivity index (χ0) is 27.7. The summed E-state index contributed by atoms with van der Waals surface area (Å²) >= 11 is 12.4. The quantitative estimate of drug-likeness (QED) is 0.261. The molecule has 0 unspecified atom stereocenters. The molecule has 1 N–H and O–H groups in total. The predicted octanol–water partition coefficient (Wildman–Crippen LogP) is 7.05. The van der Waals surface area contributed by atoms with Gasteiger partial charge in [-0.3, -0.25) is 9.59 Å². The fourth-order valence-corrected chi connectivity index (χ4v) is 4.46. The summed E-state index contributed by atoms with van der Waals surface area (Å²) in [7, 11) is 0. The van der Waals surface area contributed by atoms with Gasteiger partial charge < -0.3 is 15.0 Å². The number of para-hydroxylation sites is 1. The molecule has 5 nitrogen and oxygen atoms in total. The summed E-state index contributed by atoms with van der Waals surface area (Å²) < 4.78 is 6.03. The summed E-state index contributed by atoms with van der Waals surface area (Å²) in [6, 6.07) is 21.9. The van der Waals surface area contributed by atoms with Gasteiger partial charge in [-0.05, 0) is 54.2 Å². The van der Waals surface area contributed by atoms with Crippen LogP contribution in [0.5, 0.6) is 5.75 Å². The first-order valence-electron chi connectivity index (χ1n) is 13.0. The average Bonchev–Trinajstić information content (AvgIpc) is 2.91. The van der Waals surface area contributed by atoms with Gasteiger partial charge in [-0.2, -0.15) is 0 Å². The van der Waals surface area contributed by atoms with Crippen LogP contribution in [-0.2, 0) is 22.6 Å². The van der Waals surface area contributed by atoms with Crippen molar-refractivity contribution in [2.75, 3.05) is 6.61 Å². The first kappa shape index (κ1) is 29.5. The number of halogens is 2. The highest BCUT2D eigenvalue weighted by Crippen LogP contribution is 2.27. The van der Waals surface area contributed by atoms with E-state index < -0.39 is 6.04 Å². The number of hydrogen-bond donors (Lipinski definition) is 1. The molecule has 0 aromatic heterocycles. The highest BCUT2D eigenvalue weighted by molar-refractivity contribution is 6.42. The standard InChI is InChI=1S/C31H36Cl2N2O3/c1-5-22(4)34-31(37)28(18-23-11-7-6-8-12-23)35(19-24-15-16-26(32)27(33)17-24)30(36)20-38-29-14-10-9-13-25(29)21(2)3/h6-17,21-22,28H,5,18-20H2,1-4H3,(H,34,37)/t22-,28-/m0/s1. The topological polar surface area (TPSA) is 58.6 Å². The number of nitrogens with one attached hydrogen (secondary N) is 1. The van der Waals surface area contributed by atoms with Crippen molar-refractivity contribution in [1.82, 2.24) is 10.2 Å². The van der Waals surface area contributed by atoms with Gasteiger partial charge in [0.2, 0.25) is 5.91 Å². The number of nitrogens with zero attached hydrogens (tertiary/aromatic N) is 1. The summed E-state index contributed by atoms with van der Waals surface area (Å²) in [4.78, 5) is 29.0. The minimum Gasteiger partial charge on any atom is -0.483 e. The van der Waals surface area contributed by atoms with Crippen molar-refractivity contribution < 1.29 is 14.3 Å². The third kappa shape index (κ3) is 8.24. The fourth-order valence-electron chi connectivity index (χ4n) is 4.14. The first-order chi connectivity index (χ1) is 18.2. The van der Waals surface area contributed by atoms with Gasteiger partial charge in [-0.15, -0.1) is 0 Å². The monoisotopic (exact) mass is 554 g/mol. The molecular weight excluding hydrogens is 519 g/mol. The summed E-state index contributed by atoms with van der Waals surface area (Å²) in [6.45, 7) is 8.10. The smallest absolute Gasteiger partial charge is 0.261 e. The van der Waals surface area contributed by atoms with E-state index in [1.54, 1.807) is 17.0 Å². The van der Waals surface area contributed by atoms with Gasteiger partial charge in [-0.25, -0.2) is 0 Å². The van der Waals surface area contributed by atoms with Gasteiger partial charge in [0.05, 0.1) is 10.0 Å². The van der Waals surface area contributed by atoms with Crippen molar-refractivity contribution in [2.45, 2.75) is 65.1 Å². The summed E-state index contributed by atoms with van der Waals surface area (Å²) in [5.41, 5.74) is 2.74. The van der Waals surface area contributed by atoms with Crippen LogP contribution in [0.1, 0.15) is 56.7 Å². The molecule has 0 bridgehead atoms. The van der Waals surface area contributed by atoms with E-state index in [-0.39, 0.29) is 36.9 Å². The number of benzene rings is 3. The van der Waals surface area contributed by atoms with Gasteiger partial charge in [0, 0.05) is 19.0 Å². The third-order valence-corrected chi connectivity index (χ3v) is 7.24. The highest BCUT2D eigenvalue weighted by Gasteiger charge is 2.31. The van der Waals surface area contributed by atoms with Crippen LogP contribution in [0.25, 0.3) is 0 Å². The third-order valence-electron chi connectivity index (χ3n) is 6.50. The van der Waals surface area contributed by atoms with Crippen molar-refractivity contribution in [2.24, 2.45) is 0 Å². The van der Waals surface area contributed by atoms with Crippen LogP contribution in [-0.4, -0.2) is 35.4 Å². The maximum Gasteiger partial charge on any atom is 0.261 e. The number of hydrogen-bond acceptors (Lipinski definition) is 3. The lowest BCUT2D eigenvalue weighted by Gasteiger charge is -2.32. The molecule has 0 saturated carbocycles. The van der Waals surface area contributed by atoms with Crippen molar-refractivity contribution >= 4 is 35.0 Å². The Kier molecular flexibility index (Phi) is 11.1. The average molecular weight is 556 g/mol. The Morgan fingerprint density at radius 3 is 2.24 bits per heavy atom. The predicted molar refractivity (Wildman–Crippen MR) is 155 cm³/mol. The Morgan fingerprint density at radius 1 is 0.895 bits per heavy atom. The van der Waals surface area contributed by atoms with Crippen LogP contribution in [0.15, 0.2) is 72.8 Å². The largest absolute Gasteiger partial charge is 0.483 e. The van der Waals surface area contributed by atoms with Gasteiger partial charge >= 0.3 is 0 Å². The van der Waals surface area contributed by atoms with Gasteiger partial charge in [0.1, 0.15) is 11.8 Å². The van der Waals surface area contributed by atoms with Gasteiger partial charge in [0.15, 0.2) is 6.61 Å². The Balaban J connectivity index is 1.96. The van der Waals surface area contributed by atoms with Crippen molar-refractivity contribution in [3.05, 3.63) is 99.5 Å². The fraction of sp³-hybridized carbons (Fsp3) is 0.355. The van der Waals surface area contributed by atoms with E-state index in [9.17, 15) is 9.59 Å². The number of ether oxygens (including phenoxy) is 1. The lowest BCUT2D eigenvalue weighted by molar-refractivity contribution is -0.143. The van der Waals surface area contributed by atoms with Gasteiger partial charge in [0.25, 0.3) is 5.91 Å². The zero-order valence-corrected chi connectivity index (χ0v) is 23.9. The normalized spacial score (nSPS) is 12.6. The van der Waals surface area contributed by atoms with E-state index in [0.717, 1.165) is 23.1 Å². The van der Waals surface area contributed by atoms with Crippen molar-refractivity contribution in [3.8, 4) is 5.75 Å². The molecular formula is C31H36Cl2N2O3. The molecule has 202 valence electrons. The van der Waals surface area contributed by atoms with Crippen LogP contribution in [0.2, 0.25) is 10.0 Å². The SMILES string of the molecule is CC[C@H](C)NC(=O)[C@H](Cc1ccccc1)N(Cc1ccc(Cl)c(Cl)c1)C(=O)COc1ccccc1C(C)C. The summed E-state index contributed by atoms with van der Waals surface area (Å²) in [5.74, 6) is 0.392. The minimum atomic E-state index is -0.753. The van der Waals surface area contributed by atoms with Gasteiger partial charge in [-0.1, -0.05) is 98.6 Å². The van der Waals surface area contributed by atoms with E-state index in [1.165, 1.54) is 0 Å². The van der Waals surface area contributed by atoms with E-state index >= 15 is 0 Å². The molecule has 0 fully saturated rings. The molecule has 0 spiro atoms. The van der Waals surface area contributed by atoms with Crippen LogP contribution < -0.4 is 10.1 Å². The Labute approximate surface area is 236 Å². The molecule has 0 saturated heterocycles. The molecule has 7 heteroatoms. The molecule has 0 heterocycles. The van der Waals surface area contributed by atoms with Crippen LogP contribution in [0, 0.1) is 0 Å². The summed E-state index contributed by atoms with van der Waals surface area (Å²) in [6.07, 6.45) is 1.14. The second kappa shape index (κ2) is 14.2. The second-order valence-corrected chi connectivity index (χ2v) is 10.6. The Morgan fingerprint density at radius 2 is 1.58 bits per heavy atom. The molecule has 2 atom stereocenters. The molecule has 0 aliphatic heterocycles. The summed E-state index contributed by atoms with van der Waals surface area (Å²) in [5, 5.41) is 3.89. The van der Waals surface area contributed by atoms with Crippen LogP contribution in [0.4, 0.5) is 0 Å². The van der Waals surface area contributed by atoms with Crippen LogP contribution in [0.3, 0.4) is 0 Å². The molecule has 2 amide bonds. The number of rotatable bonds is 12. The number of carbonyl (C=O) groups is 2. The lowest BCUT2D eigenvalue weighted by atomic mass is 10.0. The van der Waals surface area contributed by atoms with Crippen LogP contribution >= 0.6 is 23.2 Å². The Hall–Kier alpha value is -3.02. The van der Waals surface area contributed by atoms with E-state index in [4.69, 9.17) is 27.9 Å². The van der Waals surface area contributed by atoms with E-state index in [0.29, 0.717) is 22.2 Å². The van der Waals surface area contributed by atoms with Crippen molar-refractivity contribution in [1.29, 1.82) is 0 Å². The molecule has 0 radical (unpaired) electrons. The minimum absolute atomic E-state index is 0.0307. The van der Waals surface area contributed by atoms with Crippen molar-refractivity contribution in [3.63, 3.8) is 0 Å². The number of carbonyl (C=O) groups excluding carboxylic acids is 2. The Bertz CT molecular complexity index is 1220. The zero-order valence-electron chi connectivity index (χ0n) is 22.4. The molecule has 38 heavy (non-hydrogen) atoms.